The Kier molecular flexibility index (Phi) is 6.49. The number of benzene rings is 4. The largest absolute Gasteiger partial charge is 0.356 e. The molecule has 4 rings (SSSR count). The third-order valence-electron chi connectivity index (χ3n) is 4.74. The Bertz CT molecular complexity index is 1240. The molecule has 4 aromatic rings. The van der Waals surface area contributed by atoms with E-state index in [0.717, 1.165) is 11.4 Å². The molecule has 0 spiro atoms. The Morgan fingerprint density at radius 1 is 0.531 bits per heavy atom. The number of rotatable bonds is 6. The van der Waals surface area contributed by atoms with Crippen LogP contribution in [0.2, 0.25) is 5.02 Å². The summed E-state index contributed by atoms with van der Waals surface area (Å²) in [6.45, 7) is 0. The molecule has 32 heavy (non-hydrogen) atoms. The quantitative estimate of drug-likeness (QED) is 0.316. The van der Waals surface area contributed by atoms with E-state index in [1.54, 1.807) is 48.5 Å². The van der Waals surface area contributed by atoms with Crippen LogP contribution in [0.4, 0.5) is 22.7 Å². The van der Waals surface area contributed by atoms with Crippen molar-refractivity contribution in [1.29, 1.82) is 0 Å². The van der Waals surface area contributed by atoms with Crippen LogP contribution < -0.4 is 16.0 Å². The van der Waals surface area contributed by atoms with Crippen molar-refractivity contribution < 1.29 is 9.59 Å². The number of hydrogen-bond donors (Lipinski definition) is 3. The molecule has 3 N–H and O–H groups in total. The second kappa shape index (κ2) is 9.81. The maximum absolute atomic E-state index is 12.9. The fourth-order valence-electron chi connectivity index (χ4n) is 3.15. The van der Waals surface area contributed by atoms with Crippen LogP contribution in [0.1, 0.15) is 20.7 Å². The number of nitrogens with one attached hydrogen (secondary N) is 3. The molecule has 158 valence electrons. The highest BCUT2D eigenvalue weighted by atomic mass is 35.5. The number of para-hydroxylation sites is 2. The normalized spacial score (nSPS) is 10.3. The average molecular weight is 442 g/mol. The Balaban J connectivity index is 1.46. The van der Waals surface area contributed by atoms with Crippen LogP contribution in [0.5, 0.6) is 0 Å². The lowest BCUT2D eigenvalue weighted by Gasteiger charge is -2.13. The summed E-state index contributed by atoms with van der Waals surface area (Å²) < 4.78 is 0. The van der Waals surface area contributed by atoms with Crippen LogP contribution in [-0.4, -0.2) is 11.8 Å². The molecule has 0 aliphatic carbocycles. The molecule has 0 saturated carbocycles. The van der Waals surface area contributed by atoms with Gasteiger partial charge in [-0.3, -0.25) is 9.59 Å². The standard InChI is InChI=1S/C26H20ClN3O2/c27-23-12-6-4-10-21(23)25(31)30-24-13-7-5-11-22(24)26(32)29-20-16-14-19(15-17-20)28-18-8-2-1-3-9-18/h1-17,28H,(H,29,32)(H,30,31). The smallest absolute Gasteiger partial charge is 0.257 e. The topological polar surface area (TPSA) is 70.2 Å². The zero-order chi connectivity index (χ0) is 22.3. The van der Waals surface area contributed by atoms with Gasteiger partial charge < -0.3 is 16.0 Å². The van der Waals surface area contributed by atoms with Gasteiger partial charge in [-0.2, -0.15) is 0 Å². The van der Waals surface area contributed by atoms with Crippen molar-refractivity contribution in [3.63, 3.8) is 0 Å². The first-order valence-corrected chi connectivity index (χ1v) is 10.4. The van der Waals surface area contributed by atoms with E-state index in [0.29, 0.717) is 27.5 Å². The number of halogens is 1. The highest BCUT2D eigenvalue weighted by Gasteiger charge is 2.15. The van der Waals surface area contributed by atoms with Crippen molar-refractivity contribution in [2.24, 2.45) is 0 Å². The number of anilines is 4. The van der Waals surface area contributed by atoms with Crippen LogP contribution in [0.3, 0.4) is 0 Å². The maximum Gasteiger partial charge on any atom is 0.257 e. The van der Waals surface area contributed by atoms with Crippen molar-refractivity contribution in [2.75, 3.05) is 16.0 Å². The molecule has 4 aromatic carbocycles. The summed E-state index contributed by atoms with van der Waals surface area (Å²) >= 11 is 6.11. The summed E-state index contributed by atoms with van der Waals surface area (Å²) in [5.74, 6) is -0.712. The van der Waals surface area contributed by atoms with Gasteiger partial charge in [0.15, 0.2) is 0 Å². The van der Waals surface area contributed by atoms with E-state index in [2.05, 4.69) is 16.0 Å². The fourth-order valence-corrected chi connectivity index (χ4v) is 3.37. The predicted molar refractivity (Wildman–Crippen MR) is 130 cm³/mol. The number of hydrogen-bond acceptors (Lipinski definition) is 3. The van der Waals surface area contributed by atoms with Crippen molar-refractivity contribution in [2.45, 2.75) is 0 Å². The molecule has 0 radical (unpaired) electrons. The van der Waals surface area contributed by atoms with Crippen molar-refractivity contribution >= 4 is 46.2 Å². The third-order valence-corrected chi connectivity index (χ3v) is 5.07. The summed E-state index contributed by atoms with van der Waals surface area (Å²) in [5, 5.41) is 9.29. The van der Waals surface area contributed by atoms with Crippen molar-refractivity contribution in [3.8, 4) is 0 Å². The molecule has 0 unspecified atom stereocenters. The maximum atomic E-state index is 12.9. The minimum atomic E-state index is -0.382. The summed E-state index contributed by atoms with van der Waals surface area (Å²) in [4.78, 5) is 25.5. The lowest BCUT2D eigenvalue weighted by molar-refractivity contribution is 0.102. The van der Waals surface area contributed by atoms with Gasteiger partial charge in [0.2, 0.25) is 0 Å². The van der Waals surface area contributed by atoms with E-state index in [1.165, 1.54) is 0 Å². The molecule has 0 fully saturated rings. The molecule has 0 saturated heterocycles. The Morgan fingerprint density at radius 2 is 1.06 bits per heavy atom. The zero-order valence-corrected chi connectivity index (χ0v) is 17.8. The number of carbonyl (C=O) groups excluding carboxylic acids is 2. The van der Waals surface area contributed by atoms with Crippen LogP contribution in [0.15, 0.2) is 103 Å². The molecule has 6 heteroatoms. The molecular formula is C26H20ClN3O2. The lowest BCUT2D eigenvalue weighted by Crippen LogP contribution is -2.18. The van der Waals surface area contributed by atoms with Crippen LogP contribution in [0, 0.1) is 0 Å². The summed E-state index contributed by atoms with van der Waals surface area (Å²) in [5.41, 5.74) is 3.61. The Morgan fingerprint density at radius 3 is 1.78 bits per heavy atom. The fraction of sp³-hybridized carbons (Fsp3) is 0. The van der Waals surface area contributed by atoms with E-state index < -0.39 is 0 Å². The van der Waals surface area contributed by atoms with E-state index in [9.17, 15) is 9.59 Å². The molecule has 5 nitrogen and oxygen atoms in total. The molecule has 0 heterocycles. The molecular weight excluding hydrogens is 422 g/mol. The number of carbonyl (C=O) groups is 2. The summed E-state index contributed by atoms with van der Waals surface area (Å²) in [7, 11) is 0. The van der Waals surface area contributed by atoms with Gasteiger partial charge in [0.25, 0.3) is 11.8 Å². The molecule has 0 atom stereocenters. The van der Waals surface area contributed by atoms with Gasteiger partial charge >= 0.3 is 0 Å². The monoisotopic (exact) mass is 441 g/mol. The van der Waals surface area contributed by atoms with Gasteiger partial charge in [0, 0.05) is 17.1 Å². The van der Waals surface area contributed by atoms with E-state index in [-0.39, 0.29) is 11.8 Å². The van der Waals surface area contributed by atoms with Gasteiger partial charge in [0.05, 0.1) is 21.8 Å². The molecule has 0 aromatic heterocycles. The second-order valence-corrected chi connectivity index (χ2v) is 7.41. The van der Waals surface area contributed by atoms with Crippen LogP contribution >= 0.6 is 11.6 Å². The van der Waals surface area contributed by atoms with Crippen LogP contribution in [-0.2, 0) is 0 Å². The third kappa shape index (κ3) is 5.14. The van der Waals surface area contributed by atoms with Gasteiger partial charge in [-0.1, -0.05) is 54.1 Å². The Labute approximate surface area is 191 Å². The second-order valence-electron chi connectivity index (χ2n) is 7.00. The van der Waals surface area contributed by atoms with Crippen LogP contribution in [0.25, 0.3) is 0 Å². The Hall–Kier alpha value is -4.09. The highest BCUT2D eigenvalue weighted by molar-refractivity contribution is 6.34. The van der Waals surface area contributed by atoms with Crippen molar-refractivity contribution in [3.05, 3.63) is 119 Å². The first kappa shape index (κ1) is 21.2. The first-order valence-electron chi connectivity index (χ1n) is 9.98. The first-order chi connectivity index (χ1) is 15.6. The van der Waals surface area contributed by atoms with Gasteiger partial charge in [-0.25, -0.2) is 0 Å². The molecule has 0 aliphatic rings. The lowest BCUT2D eigenvalue weighted by atomic mass is 10.1. The summed E-state index contributed by atoms with van der Waals surface area (Å²) in [6.07, 6.45) is 0. The minimum absolute atomic E-state index is 0.330. The van der Waals surface area contributed by atoms with Gasteiger partial charge in [0.1, 0.15) is 0 Å². The summed E-state index contributed by atoms with van der Waals surface area (Å²) in [6, 6.07) is 30.8. The number of amides is 2. The van der Waals surface area contributed by atoms with Crippen molar-refractivity contribution in [1.82, 2.24) is 0 Å². The SMILES string of the molecule is O=C(Nc1ccccc1C(=O)Nc1ccc(Nc2ccccc2)cc1)c1ccccc1Cl. The van der Waals surface area contributed by atoms with E-state index in [1.807, 2.05) is 54.6 Å². The van der Waals surface area contributed by atoms with Gasteiger partial charge in [-0.15, -0.1) is 0 Å². The average Bonchev–Trinajstić information content (AvgIpc) is 2.81. The van der Waals surface area contributed by atoms with E-state index in [4.69, 9.17) is 11.6 Å². The minimum Gasteiger partial charge on any atom is -0.356 e. The highest BCUT2D eigenvalue weighted by Crippen LogP contribution is 2.22. The zero-order valence-electron chi connectivity index (χ0n) is 17.0. The van der Waals surface area contributed by atoms with Gasteiger partial charge in [-0.05, 0) is 60.7 Å². The molecule has 2 amide bonds. The van der Waals surface area contributed by atoms with E-state index >= 15 is 0 Å². The predicted octanol–water partition coefficient (Wildman–Crippen LogP) is 6.59. The molecule has 0 bridgehead atoms. The molecule has 0 aliphatic heterocycles.